The average molecular weight is 385 g/mol. The average Bonchev–Trinajstić information content (AvgIpc) is 3.15. The fourth-order valence-corrected chi connectivity index (χ4v) is 3.24. The van der Waals surface area contributed by atoms with E-state index in [1.54, 1.807) is 7.05 Å². The first-order chi connectivity index (χ1) is 13.3. The number of anilines is 1. The van der Waals surface area contributed by atoms with E-state index in [4.69, 9.17) is 4.42 Å². The maximum atomic E-state index is 5.84. The molecule has 0 spiro atoms. The van der Waals surface area contributed by atoms with E-state index in [2.05, 4.69) is 63.4 Å². The monoisotopic (exact) mass is 384 g/mol. The van der Waals surface area contributed by atoms with Crippen LogP contribution in [0.2, 0.25) is 0 Å². The number of oxazole rings is 1. The highest BCUT2D eigenvalue weighted by Gasteiger charge is 2.22. The van der Waals surface area contributed by atoms with Crippen LogP contribution in [-0.4, -0.2) is 42.1 Å². The van der Waals surface area contributed by atoms with Crippen LogP contribution in [0.3, 0.4) is 0 Å². The molecule has 7 nitrogen and oxygen atoms in total. The third kappa shape index (κ3) is 5.24. The molecule has 152 valence electrons. The van der Waals surface area contributed by atoms with Gasteiger partial charge in [-0.1, -0.05) is 26.8 Å². The SMILES string of the molecule is CN=C(NCc1ncc(C(C)(C)C)o1)NC1CCN(c2cccc(C)n2)CC1. The van der Waals surface area contributed by atoms with Crippen LogP contribution in [0.5, 0.6) is 0 Å². The predicted molar refractivity (Wildman–Crippen MR) is 113 cm³/mol. The maximum Gasteiger partial charge on any atom is 0.213 e. The first-order valence-corrected chi connectivity index (χ1v) is 9.96. The van der Waals surface area contributed by atoms with Gasteiger partial charge < -0.3 is 20.0 Å². The molecule has 0 radical (unpaired) electrons. The number of hydrogen-bond donors (Lipinski definition) is 2. The minimum atomic E-state index is -0.0364. The fourth-order valence-electron chi connectivity index (χ4n) is 3.24. The Kier molecular flexibility index (Phi) is 6.21. The molecule has 1 aliphatic heterocycles. The molecule has 3 heterocycles. The topological polar surface area (TPSA) is 78.6 Å². The molecule has 28 heavy (non-hydrogen) atoms. The Morgan fingerprint density at radius 3 is 2.64 bits per heavy atom. The van der Waals surface area contributed by atoms with E-state index >= 15 is 0 Å². The number of hydrogen-bond acceptors (Lipinski definition) is 5. The summed E-state index contributed by atoms with van der Waals surface area (Å²) in [4.78, 5) is 15.7. The highest BCUT2D eigenvalue weighted by atomic mass is 16.4. The summed E-state index contributed by atoms with van der Waals surface area (Å²) in [5, 5.41) is 6.82. The van der Waals surface area contributed by atoms with E-state index in [0.717, 1.165) is 49.2 Å². The molecule has 2 N–H and O–H groups in total. The van der Waals surface area contributed by atoms with E-state index in [-0.39, 0.29) is 5.41 Å². The summed E-state index contributed by atoms with van der Waals surface area (Å²) < 4.78 is 5.84. The van der Waals surface area contributed by atoms with Gasteiger partial charge in [0.25, 0.3) is 0 Å². The number of nitrogens with zero attached hydrogens (tertiary/aromatic N) is 4. The number of piperidine rings is 1. The third-order valence-electron chi connectivity index (χ3n) is 4.96. The largest absolute Gasteiger partial charge is 0.443 e. The Bertz CT molecular complexity index is 799. The van der Waals surface area contributed by atoms with Gasteiger partial charge in [-0.25, -0.2) is 9.97 Å². The quantitative estimate of drug-likeness (QED) is 0.623. The molecule has 1 saturated heterocycles. The minimum Gasteiger partial charge on any atom is -0.443 e. The van der Waals surface area contributed by atoms with Crippen molar-refractivity contribution < 1.29 is 4.42 Å². The molecule has 2 aromatic heterocycles. The molecule has 3 rings (SSSR count). The number of guanidine groups is 1. The van der Waals surface area contributed by atoms with Gasteiger partial charge in [-0.15, -0.1) is 0 Å². The van der Waals surface area contributed by atoms with Gasteiger partial charge in [0, 0.05) is 37.3 Å². The highest BCUT2D eigenvalue weighted by molar-refractivity contribution is 5.79. The van der Waals surface area contributed by atoms with Crippen LogP contribution < -0.4 is 15.5 Å². The van der Waals surface area contributed by atoms with Gasteiger partial charge in [0.15, 0.2) is 5.96 Å². The summed E-state index contributed by atoms with van der Waals surface area (Å²) >= 11 is 0. The number of aromatic nitrogens is 2. The van der Waals surface area contributed by atoms with Crippen molar-refractivity contribution >= 4 is 11.8 Å². The lowest BCUT2D eigenvalue weighted by molar-refractivity contribution is 0.379. The van der Waals surface area contributed by atoms with E-state index in [9.17, 15) is 0 Å². The van der Waals surface area contributed by atoms with Crippen LogP contribution >= 0.6 is 0 Å². The lowest BCUT2D eigenvalue weighted by atomic mass is 9.94. The Morgan fingerprint density at radius 1 is 1.29 bits per heavy atom. The highest BCUT2D eigenvalue weighted by Crippen LogP contribution is 2.22. The molecular weight excluding hydrogens is 352 g/mol. The number of rotatable bonds is 4. The van der Waals surface area contributed by atoms with Crippen molar-refractivity contribution in [1.82, 2.24) is 20.6 Å². The van der Waals surface area contributed by atoms with Crippen LogP contribution in [0.4, 0.5) is 5.82 Å². The van der Waals surface area contributed by atoms with Crippen LogP contribution in [0.25, 0.3) is 0 Å². The number of nitrogens with one attached hydrogen (secondary N) is 2. The smallest absolute Gasteiger partial charge is 0.213 e. The maximum absolute atomic E-state index is 5.84. The van der Waals surface area contributed by atoms with Crippen molar-refractivity contribution in [2.24, 2.45) is 4.99 Å². The summed E-state index contributed by atoms with van der Waals surface area (Å²) in [6, 6.07) is 6.58. The van der Waals surface area contributed by atoms with E-state index in [1.807, 2.05) is 19.2 Å². The summed E-state index contributed by atoms with van der Waals surface area (Å²) in [6.45, 7) is 10.9. The van der Waals surface area contributed by atoms with Crippen molar-refractivity contribution in [3.8, 4) is 0 Å². The van der Waals surface area contributed by atoms with Gasteiger partial charge >= 0.3 is 0 Å². The van der Waals surface area contributed by atoms with E-state index < -0.39 is 0 Å². The minimum absolute atomic E-state index is 0.0364. The van der Waals surface area contributed by atoms with Gasteiger partial charge in [-0.05, 0) is 31.9 Å². The van der Waals surface area contributed by atoms with Crippen molar-refractivity contribution in [3.63, 3.8) is 0 Å². The molecule has 0 saturated carbocycles. The second-order valence-corrected chi connectivity index (χ2v) is 8.34. The van der Waals surface area contributed by atoms with Crippen LogP contribution in [0.15, 0.2) is 33.8 Å². The lowest BCUT2D eigenvalue weighted by Gasteiger charge is -2.33. The molecule has 2 aromatic rings. The summed E-state index contributed by atoms with van der Waals surface area (Å²) in [6.07, 6.45) is 3.90. The molecule has 0 atom stereocenters. The van der Waals surface area contributed by atoms with Crippen molar-refractivity contribution in [2.45, 2.75) is 58.5 Å². The Hall–Kier alpha value is -2.57. The molecule has 1 aliphatic rings. The molecule has 7 heteroatoms. The summed E-state index contributed by atoms with van der Waals surface area (Å²) in [7, 11) is 1.79. The zero-order chi connectivity index (χ0) is 20.1. The number of pyridine rings is 1. The van der Waals surface area contributed by atoms with Crippen molar-refractivity contribution in [3.05, 3.63) is 41.7 Å². The molecule has 0 unspecified atom stereocenters. The van der Waals surface area contributed by atoms with E-state index in [1.165, 1.54) is 0 Å². The van der Waals surface area contributed by atoms with Crippen LogP contribution in [0.1, 0.15) is 51.0 Å². The molecule has 0 aliphatic carbocycles. The Morgan fingerprint density at radius 2 is 2.04 bits per heavy atom. The molecule has 0 aromatic carbocycles. The zero-order valence-electron chi connectivity index (χ0n) is 17.6. The molecule has 0 amide bonds. The van der Waals surface area contributed by atoms with Crippen molar-refractivity contribution in [1.29, 1.82) is 0 Å². The van der Waals surface area contributed by atoms with Gasteiger partial charge in [0.2, 0.25) is 5.89 Å². The Labute approximate surface area is 167 Å². The molecule has 1 fully saturated rings. The number of aliphatic imine (C=N–C) groups is 1. The summed E-state index contributed by atoms with van der Waals surface area (Å²) in [5.41, 5.74) is 1.02. The standard InChI is InChI=1S/C21H32N6O/c1-15-7-6-8-18(25-15)27-11-9-16(10-12-27)26-20(22-5)24-14-19-23-13-17(28-19)21(2,3)4/h6-8,13,16H,9-12,14H2,1-5H3,(H2,22,24,26). The molecule has 0 bridgehead atoms. The molecular formula is C21H32N6O. The number of aryl methyl sites for hydroxylation is 1. The normalized spacial score (nSPS) is 16.3. The van der Waals surface area contributed by atoms with Gasteiger partial charge in [-0.2, -0.15) is 0 Å². The first-order valence-electron chi connectivity index (χ1n) is 9.96. The zero-order valence-corrected chi connectivity index (χ0v) is 17.6. The lowest BCUT2D eigenvalue weighted by Crippen LogP contribution is -2.48. The predicted octanol–water partition coefficient (Wildman–Crippen LogP) is 3.01. The first kappa shape index (κ1) is 20.2. The fraction of sp³-hybridized carbons (Fsp3) is 0.571. The third-order valence-corrected chi connectivity index (χ3v) is 4.96. The van der Waals surface area contributed by atoms with Crippen molar-refractivity contribution in [2.75, 3.05) is 25.0 Å². The second-order valence-electron chi connectivity index (χ2n) is 8.34. The van der Waals surface area contributed by atoms with E-state index in [0.29, 0.717) is 18.5 Å². The van der Waals surface area contributed by atoms with Crippen LogP contribution in [0, 0.1) is 6.92 Å². The van der Waals surface area contributed by atoms with Gasteiger partial charge in [-0.3, -0.25) is 4.99 Å². The Balaban J connectivity index is 1.47. The second kappa shape index (κ2) is 8.63. The van der Waals surface area contributed by atoms with Gasteiger partial charge in [0.1, 0.15) is 11.6 Å². The van der Waals surface area contributed by atoms with Crippen LogP contribution in [-0.2, 0) is 12.0 Å². The van der Waals surface area contributed by atoms with Gasteiger partial charge in [0.05, 0.1) is 12.7 Å². The summed E-state index contributed by atoms with van der Waals surface area (Å²) in [5.74, 6) is 3.42.